The average molecular weight is 363 g/mol. The standard InChI is InChI=1S/C17H15ClN2O5/c1-12(21)25-20(17(23)24-15-5-3-2-4-6-15)11-16(22)19-14-9-7-13(18)8-10-14/h2-10H,11H2,1H3,(H,19,22). The molecule has 0 heterocycles. The summed E-state index contributed by atoms with van der Waals surface area (Å²) in [5.41, 5.74) is 0.480. The Hall–Kier alpha value is -3.06. The molecular weight excluding hydrogens is 348 g/mol. The number of ether oxygens (including phenoxy) is 1. The number of hydrogen-bond donors (Lipinski definition) is 1. The zero-order valence-corrected chi connectivity index (χ0v) is 14.0. The number of benzene rings is 2. The van der Waals surface area contributed by atoms with Gasteiger partial charge in [0.2, 0.25) is 5.91 Å². The topological polar surface area (TPSA) is 84.9 Å². The van der Waals surface area contributed by atoms with Gasteiger partial charge in [-0.05, 0) is 36.4 Å². The zero-order valence-electron chi connectivity index (χ0n) is 13.3. The monoisotopic (exact) mass is 362 g/mol. The number of hydroxylamine groups is 2. The molecule has 8 heteroatoms. The Morgan fingerprint density at radius 1 is 1.04 bits per heavy atom. The largest absolute Gasteiger partial charge is 0.449 e. The second-order valence-corrected chi connectivity index (χ2v) is 5.29. The van der Waals surface area contributed by atoms with Gasteiger partial charge in [-0.15, -0.1) is 5.06 Å². The van der Waals surface area contributed by atoms with Crippen molar-refractivity contribution in [1.82, 2.24) is 5.06 Å². The van der Waals surface area contributed by atoms with Crippen LogP contribution in [0.3, 0.4) is 0 Å². The van der Waals surface area contributed by atoms with Gasteiger partial charge in [-0.25, -0.2) is 4.79 Å². The Kier molecular flexibility index (Phi) is 6.36. The predicted octanol–water partition coefficient (Wildman–Crippen LogP) is 3.26. The summed E-state index contributed by atoms with van der Waals surface area (Å²) in [5, 5.41) is 3.61. The third-order valence-electron chi connectivity index (χ3n) is 2.81. The summed E-state index contributed by atoms with van der Waals surface area (Å²) < 4.78 is 5.06. The van der Waals surface area contributed by atoms with Gasteiger partial charge >= 0.3 is 12.1 Å². The van der Waals surface area contributed by atoms with Crippen molar-refractivity contribution in [3.8, 4) is 5.75 Å². The van der Waals surface area contributed by atoms with Gasteiger partial charge < -0.3 is 14.9 Å². The number of halogens is 1. The molecule has 2 aromatic rings. The summed E-state index contributed by atoms with van der Waals surface area (Å²) in [6.45, 7) is 0.577. The maximum atomic E-state index is 12.1. The van der Waals surface area contributed by atoms with Crippen molar-refractivity contribution in [3.63, 3.8) is 0 Å². The molecule has 25 heavy (non-hydrogen) atoms. The van der Waals surface area contributed by atoms with Crippen LogP contribution in [0.25, 0.3) is 0 Å². The van der Waals surface area contributed by atoms with Crippen LogP contribution in [-0.2, 0) is 14.4 Å². The van der Waals surface area contributed by atoms with E-state index in [1.807, 2.05) is 0 Å². The highest BCUT2D eigenvalue weighted by Gasteiger charge is 2.23. The summed E-state index contributed by atoms with van der Waals surface area (Å²) in [6.07, 6.45) is -0.993. The third kappa shape index (κ3) is 6.15. The number of amides is 2. The number of anilines is 1. The quantitative estimate of drug-likeness (QED) is 0.844. The molecule has 0 atom stereocenters. The fourth-order valence-electron chi connectivity index (χ4n) is 1.79. The lowest BCUT2D eigenvalue weighted by Gasteiger charge is -2.19. The van der Waals surface area contributed by atoms with Crippen LogP contribution in [0.2, 0.25) is 5.02 Å². The van der Waals surface area contributed by atoms with E-state index in [1.165, 1.54) is 0 Å². The van der Waals surface area contributed by atoms with Gasteiger partial charge in [-0.2, -0.15) is 0 Å². The van der Waals surface area contributed by atoms with Gasteiger partial charge in [0, 0.05) is 17.6 Å². The summed E-state index contributed by atoms with van der Waals surface area (Å²) in [4.78, 5) is 40.1. The van der Waals surface area contributed by atoms with E-state index in [2.05, 4.69) is 5.32 Å². The fourth-order valence-corrected chi connectivity index (χ4v) is 1.92. The fraction of sp³-hybridized carbons (Fsp3) is 0.118. The second-order valence-electron chi connectivity index (χ2n) is 4.86. The van der Waals surface area contributed by atoms with Gasteiger partial charge in [0.15, 0.2) is 0 Å². The van der Waals surface area contributed by atoms with Crippen molar-refractivity contribution in [1.29, 1.82) is 0 Å². The Balaban J connectivity index is 2.00. The second kappa shape index (κ2) is 8.70. The van der Waals surface area contributed by atoms with Crippen molar-refractivity contribution < 1.29 is 24.0 Å². The minimum Gasteiger partial charge on any atom is -0.408 e. The van der Waals surface area contributed by atoms with Gasteiger partial charge in [-0.3, -0.25) is 9.59 Å². The number of para-hydroxylation sites is 1. The molecule has 0 bridgehead atoms. The van der Waals surface area contributed by atoms with Crippen LogP contribution >= 0.6 is 11.6 Å². The van der Waals surface area contributed by atoms with Crippen LogP contribution in [0.15, 0.2) is 54.6 Å². The minimum absolute atomic E-state index is 0.253. The molecule has 0 fully saturated rings. The Labute approximate surface area is 149 Å². The van der Waals surface area contributed by atoms with E-state index in [9.17, 15) is 14.4 Å². The molecule has 0 saturated heterocycles. The lowest BCUT2D eigenvalue weighted by molar-refractivity contribution is -0.177. The Morgan fingerprint density at radius 3 is 2.28 bits per heavy atom. The van der Waals surface area contributed by atoms with E-state index in [0.29, 0.717) is 15.8 Å². The Bertz CT molecular complexity index is 749. The van der Waals surface area contributed by atoms with Crippen molar-refractivity contribution in [2.45, 2.75) is 6.92 Å². The van der Waals surface area contributed by atoms with Crippen LogP contribution in [0.5, 0.6) is 5.75 Å². The predicted molar refractivity (Wildman–Crippen MR) is 91.0 cm³/mol. The summed E-state index contributed by atoms with van der Waals surface area (Å²) in [5.74, 6) is -1.08. The highest BCUT2D eigenvalue weighted by atomic mass is 35.5. The van der Waals surface area contributed by atoms with E-state index >= 15 is 0 Å². The van der Waals surface area contributed by atoms with E-state index < -0.39 is 24.5 Å². The molecule has 0 unspecified atom stereocenters. The lowest BCUT2D eigenvalue weighted by Crippen LogP contribution is -2.40. The van der Waals surface area contributed by atoms with E-state index in [4.69, 9.17) is 21.2 Å². The van der Waals surface area contributed by atoms with Crippen LogP contribution in [0.1, 0.15) is 6.92 Å². The van der Waals surface area contributed by atoms with Crippen molar-refractivity contribution in [3.05, 3.63) is 59.6 Å². The number of nitrogens with zero attached hydrogens (tertiary/aromatic N) is 1. The highest BCUT2D eigenvalue weighted by molar-refractivity contribution is 6.30. The maximum absolute atomic E-state index is 12.1. The Morgan fingerprint density at radius 2 is 1.68 bits per heavy atom. The summed E-state index contributed by atoms with van der Waals surface area (Å²) in [7, 11) is 0. The number of carbonyl (C=O) groups excluding carboxylic acids is 3. The van der Waals surface area contributed by atoms with E-state index in [0.717, 1.165) is 6.92 Å². The van der Waals surface area contributed by atoms with Crippen LogP contribution < -0.4 is 10.1 Å². The molecule has 0 aromatic heterocycles. The molecular formula is C17H15ClN2O5. The SMILES string of the molecule is CC(=O)ON(CC(=O)Nc1ccc(Cl)cc1)C(=O)Oc1ccccc1. The molecule has 1 N–H and O–H groups in total. The first-order valence-corrected chi connectivity index (χ1v) is 7.60. The van der Waals surface area contributed by atoms with Crippen LogP contribution in [0, 0.1) is 0 Å². The molecule has 2 amide bonds. The molecule has 0 radical (unpaired) electrons. The van der Waals surface area contributed by atoms with Crippen molar-refractivity contribution in [2.75, 3.05) is 11.9 Å². The highest BCUT2D eigenvalue weighted by Crippen LogP contribution is 2.14. The lowest BCUT2D eigenvalue weighted by atomic mass is 10.3. The smallest absolute Gasteiger partial charge is 0.408 e. The molecule has 130 valence electrons. The number of hydrogen-bond acceptors (Lipinski definition) is 5. The average Bonchev–Trinajstić information content (AvgIpc) is 2.57. The van der Waals surface area contributed by atoms with Crippen LogP contribution in [0.4, 0.5) is 10.5 Å². The molecule has 2 aromatic carbocycles. The third-order valence-corrected chi connectivity index (χ3v) is 3.06. The normalized spacial score (nSPS) is 9.84. The number of rotatable bonds is 4. The minimum atomic E-state index is -0.993. The molecule has 0 spiro atoms. The molecule has 7 nitrogen and oxygen atoms in total. The molecule has 0 aliphatic heterocycles. The zero-order chi connectivity index (χ0) is 18.2. The molecule has 0 saturated carbocycles. The van der Waals surface area contributed by atoms with Crippen LogP contribution in [-0.4, -0.2) is 29.6 Å². The van der Waals surface area contributed by atoms with E-state index in [-0.39, 0.29) is 5.75 Å². The van der Waals surface area contributed by atoms with Gasteiger partial charge in [0.05, 0.1) is 0 Å². The van der Waals surface area contributed by atoms with Gasteiger partial charge in [-0.1, -0.05) is 29.8 Å². The first kappa shape index (κ1) is 18.3. The summed E-state index contributed by atoms with van der Waals surface area (Å²) in [6, 6.07) is 14.6. The molecule has 0 aliphatic carbocycles. The van der Waals surface area contributed by atoms with Crippen molar-refractivity contribution in [2.24, 2.45) is 0 Å². The number of nitrogens with one attached hydrogen (secondary N) is 1. The first-order valence-electron chi connectivity index (χ1n) is 7.22. The summed E-state index contributed by atoms with van der Waals surface area (Å²) >= 11 is 5.77. The van der Waals surface area contributed by atoms with Gasteiger partial charge in [0.1, 0.15) is 12.3 Å². The maximum Gasteiger partial charge on any atom is 0.449 e. The number of carbonyl (C=O) groups is 3. The van der Waals surface area contributed by atoms with Gasteiger partial charge in [0.25, 0.3) is 0 Å². The van der Waals surface area contributed by atoms with E-state index in [1.54, 1.807) is 54.6 Å². The molecule has 0 aliphatic rings. The first-order chi connectivity index (χ1) is 11.9. The molecule has 2 rings (SSSR count). The van der Waals surface area contributed by atoms with Crippen molar-refractivity contribution >= 4 is 35.3 Å².